The second-order valence-electron chi connectivity index (χ2n) is 2.73. The van der Waals surface area contributed by atoms with Crippen LogP contribution in [0.1, 0.15) is 6.92 Å². The van der Waals surface area contributed by atoms with E-state index < -0.39 is 0 Å². The molecule has 0 aliphatic carbocycles. The third-order valence-corrected chi connectivity index (χ3v) is 1.48. The monoisotopic (exact) mass is 179 g/mol. The van der Waals surface area contributed by atoms with Gasteiger partial charge in [0.1, 0.15) is 11.6 Å². The number of hydrogen-bond acceptors (Lipinski definition) is 1. The molecule has 0 saturated heterocycles. The van der Waals surface area contributed by atoms with Gasteiger partial charge in [0, 0.05) is 6.07 Å². The first-order valence-corrected chi connectivity index (χ1v) is 3.98. The first-order chi connectivity index (χ1) is 6.22. The molecule has 1 aromatic carbocycles. The van der Waals surface area contributed by atoms with Crippen molar-refractivity contribution in [2.24, 2.45) is 0 Å². The minimum atomic E-state index is -0.326. The van der Waals surface area contributed by atoms with Gasteiger partial charge in [-0.3, -0.25) is 0 Å². The highest BCUT2D eigenvalue weighted by Crippen LogP contribution is 2.13. The van der Waals surface area contributed by atoms with E-state index in [2.05, 4.69) is 4.85 Å². The van der Waals surface area contributed by atoms with Gasteiger partial charge < -0.3 is 9.58 Å². The summed E-state index contributed by atoms with van der Waals surface area (Å²) in [5, 5.41) is 0. The molecule has 68 valence electrons. The molecule has 0 radical (unpaired) electrons. The topological polar surface area (TPSA) is 13.6 Å². The molecule has 0 N–H and O–H groups in total. The van der Waals surface area contributed by atoms with Gasteiger partial charge in [-0.1, -0.05) is 6.07 Å². The van der Waals surface area contributed by atoms with Crippen LogP contribution in [0.5, 0.6) is 5.75 Å². The van der Waals surface area contributed by atoms with E-state index in [9.17, 15) is 4.39 Å². The molecule has 1 aromatic rings. The molecule has 0 heterocycles. The van der Waals surface area contributed by atoms with Gasteiger partial charge in [-0.25, -0.2) is 11.0 Å². The maximum Gasteiger partial charge on any atom is 0.250 e. The van der Waals surface area contributed by atoms with E-state index in [-0.39, 0.29) is 18.5 Å². The maximum atomic E-state index is 12.7. The van der Waals surface area contributed by atoms with Crippen LogP contribution in [0.4, 0.5) is 4.39 Å². The van der Waals surface area contributed by atoms with Crippen LogP contribution in [-0.2, 0) is 0 Å². The van der Waals surface area contributed by atoms with Crippen molar-refractivity contribution in [1.29, 1.82) is 0 Å². The van der Waals surface area contributed by atoms with Crippen LogP contribution < -0.4 is 4.74 Å². The van der Waals surface area contributed by atoms with E-state index in [1.165, 1.54) is 12.1 Å². The van der Waals surface area contributed by atoms with Crippen molar-refractivity contribution < 1.29 is 9.13 Å². The molecular weight excluding hydrogens is 169 g/mol. The van der Waals surface area contributed by atoms with Crippen molar-refractivity contribution in [3.8, 4) is 5.75 Å². The fourth-order valence-electron chi connectivity index (χ4n) is 0.938. The fourth-order valence-corrected chi connectivity index (χ4v) is 0.938. The lowest BCUT2D eigenvalue weighted by Crippen LogP contribution is -2.14. The minimum absolute atomic E-state index is 0.195. The van der Waals surface area contributed by atoms with Gasteiger partial charge in [-0.2, -0.15) is 0 Å². The van der Waals surface area contributed by atoms with Crippen molar-refractivity contribution in [2.75, 3.05) is 6.54 Å². The fraction of sp³-hybridized carbons (Fsp3) is 0.300. The SMILES string of the molecule is [C-]#[N+]CC(C)Oc1cccc(F)c1. The first-order valence-electron chi connectivity index (χ1n) is 3.98. The van der Waals surface area contributed by atoms with Gasteiger partial charge in [0.15, 0.2) is 6.10 Å². The van der Waals surface area contributed by atoms with Crippen LogP contribution in [0.2, 0.25) is 0 Å². The zero-order valence-electron chi connectivity index (χ0n) is 7.33. The number of hydrogen-bond donors (Lipinski definition) is 0. The van der Waals surface area contributed by atoms with Crippen LogP contribution >= 0.6 is 0 Å². The van der Waals surface area contributed by atoms with Crippen LogP contribution in [0.25, 0.3) is 4.85 Å². The van der Waals surface area contributed by atoms with Gasteiger partial charge in [-0.15, -0.1) is 0 Å². The molecule has 0 aliphatic rings. The zero-order valence-corrected chi connectivity index (χ0v) is 7.33. The Kier molecular flexibility index (Phi) is 3.27. The molecular formula is C10H10FNO. The Morgan fingerprint density at radius 1 is 1.62 bits per heavy atom. The van der Waals surface area contributed by atoms with E-state index in [1.54, 1.807) is 19.1 Å². The van der Waals surface area contributed by atoms with Gasteiger partial charge in [0.25, 0.3) is 6.54 Å². The van der Waals surface area contributed by atoms with E-state index in [0.29, 0.717) is 5.75 Å². The highest BCUT2D eigenvalue weighted by molar-refractivity contribution is 5.22. The average Bonchev–Trinajstić information content (AvgIpc) is 2.04. The Labute approximate surface area is 76.8 Å². The largest absolute Gasteiger partial charge is 0.483 e. The third-order valence-electron chi connectivity index (χ3n) is 1.48. The second kappa shape index (κ2) is 4.46. The van der Waals surface area contributed by atoms with E-state index in [0.717, 1.165) is 0 Å². The Hall–Kier alpha value is -1.56. The molecule has 0 bridgehead atoms. The second-order valence-corrected chi connectivity index (χ2v) is 2.73. The lowest BCUT2D eigenvalue weighted by atomic mass is 10.3. The van der Waals surface area contributed by atoms with E-state index in [1.807, 2.05) is 0 Å². The van der Waals surface area contributed by atoms with Crippen molar-refractivity contribution >= 4 is 0 Å². The first kappa shape index (κ1) is 9.53. The summed E-state index contributed by atoms with van der Waals surface area (Å²) in [6.07, 6.45) is -0.195. The molecule has 0 spiro atoms. The number of benzene rings is 1. The predicted octanol–water partition coefficient (Wildman–Crippen LogP) is 2.51. The van der Waals surface area contributed by atoms with Crippen LogP contribution in [0, 0.1) is 12.4 Å². The summed E-state index contributed by atoms with van der Waals surface area (Å²) in [4.78, 5) is 3.19. The summed E-state index contributed by atoms with van der Waals surface area (Å²) < 4.78 is 17.9. The van der Waals surface area contributed by atoms with Gasteiger partial charge in [0.05, 0.1) is 0 Å². The van der Waals surface area contributed by atoms with Crippen molar-refractivity contribution in [3.05, 3.63) is 41.5 Å². The Morgan fingerprint density at radius 2 is 2.38 bits per heavy atom. The molecule has 0 aliphatic heterocycles. The summed E-state index contributed by atoms with van der Waals surface area (Å²) in [5.74, 6) is 0.142. The standard InChI is InChI=1S/C10H10FNO/c1-8(7-12-2)13-10-5-3-4-9(11)6-10/h3-6,8H,7H2,1H3. The smallest absolute Gasteiger partial charge is 0.250 e. The Morgan fingerprint density at radius 3 is 3.00 bits per heavy atom. The van der Waals surface area contributed by atoms with Gasteiger partial charge in [0.2, 0.25) is 0 Å². The summed E-state index contributed by atoms with van der Waals surface area (Å²) >= 11 is 0. The molecule has 1 atom stereocenters. The van der Waals surface area contributed by atoms with Gasteiger partial charge in [-0.05, 0) is 19.1 Å². The van der Waals surface area contributed by atoms with Crippen LogP contribution in [0.3, 0.4) is 0 Å². The number of ether oxygens (including phenoxy) is 1. The summed E-state index contributed by atoms with van der Waals surface area (Å²) in [5.41, 5.74) is 0. The zero-order chi connectivity index (χ0) is 9.68. The third kappa shape index (κ3) is 3.12. The number of nitrogens with zero attached hydrogens (tertiary/aromatic N) is 1. The Bertz CT molecular complexity index is 319. The molecule has 0 aromatic heterocycles. The van der Waals surface area contributed by atoms with Gasteiger partial charge >= 0.3 is 0 Å². The molecule has 2 nitrogen and oxygen atoms in total. The van der Waals surface area contributed by atoms with Crippen LogP contribution in [0.15, 0.2) is 24.3 Å². The van der Waals surface area contributed by atoms with Crippen LogP contribution in [-0.4, -0.2) is 12.6 Å². The van der Waals surface area contributed by atoms with Crippen molar-refractivity contribution in [3.63, 3.8) is 0 Å². The highest BCUT2D eigenvalue weighted by Gasteiger charge is 2.06. The normalized spacial score (nSPS) is 11.8. The lowest BCUT2D eigenvalue weighted by Gasteiger charge is -2.08. The highest BCUT2D eigenvalue weighted by atomic mass is 19.1. The molecule has 1 rings (SSSR count). The number of halogens is 1. The van der Waals surface area contributed by atoms with E-state index in [4.69, 9.17) is 11.3 Å². The predicted molar refractivity (Wildman–Crippen MR) is 48.0 cm³/mol. The van der Waals surface area contributed by atoms with Crippen molar-refractivity contribution in [2.45, 2.75) is 13.0 Å². The van der Waals surface area contributed by atoms with E-state index >= 15 is 0 Å². The summed E-state index contributed by atoms with van der Waals surface area (Å²) in [6.45, 7) is 8.68. The van der Waals surface area contributed by atoms with Crippen molar-refractivity contribution in [1.82, 2.24) is 0 Å². The summed E-state index contributed by atoms with van der Waals surface area (Å²) in [7, 11) is 0. The molecule has 1 unspecified atom stereocenters. The molecule has 0 fully saturated rings. The quantitative estimate of drug-likeness (QED) is 0.650. The molecule has 13 heavy (non-hydrogen) atoms. The maximum absolute atomic E-state index is 12.7. The Balaban J connectivity index is 2.59. The lowest BCUT2D eigenvalue weighted by molar-refractivity contribution is 0.237. The molecule has 0 amide bonds. The molecule has 3 heteroatoms. The number of rotatable bonds is 3. The summed E-state index contributed by atoms with van der Waals surface area (Å²) in [6, 6.07) is 5.91. The minimum Gasteiger partial charge on any atom is -0.483 e. The molecule has 0 saturated carbocycles. The average molecular weight is 179 g/mol.